The van der Waals surface area contributed by atoms with Crippen molar-refractivity contribution in [1.29, 1.82) is 0 Å². The molecule has 1 heterocycles. The molecule has 1 unspecified atom stereocenters. The lowest BCUT2D eigenvalue weighted by atomic mass is 9.96. The van der Waals surface area contributed by atoms with Crippen LogP contribution in [0.4, 0.5) is 18.0 Å². The molecule has 11 heteroatoms. The summed E-state index contributed by atoms with van der Waals surface area (Å²) < 4.78 is 39.7. The van der Waals surface area contributed by atoms with Gasteiger partial charge in [0.1, 0.15) is 6.04 Å². The fourth-order valence-electron chi connectivity index (χ4n) is 3.36. The average molecular weight is 416 g/mol. The minimum Gasteiger partial charge on any atom is -0.353 e. The van der Waals surface area contributed by atoms with Gasteiger partial charge in [0.15, 0.2) is 0 Å². The maximum atomic E-state index is 13.2. The first-order valence-corrected chi connectivity index (χ1v) is 9.19. The summed E-state index contributed by atoms with van der Waals surface area (Å²) in [6.45, 7) is 0.677. The van der Waals surface area contributed by atoms with Crippen LogP contribution in [0.5, 0.6) is 0 Å². The molecule has 4 N–H and O–H groups in total. The van der Waals surface area contributed by atoms with Crippen molar-refractivity contribution in [3.05, 3.63) is 0 Å². The summed E-state index contributed by atoms with van der Waals surface area (Å²) in [6, 6.07) is -2.07. The second-order valence-electron chi connectivity index (χ2n) is 6.81. The van der Waals surface area contributed by atoms with E-state index in [2.05, 4.69) is 21.3 Å². The Morgan fingerprint density at radius 1 is 1.07 bits per heavy atom. The van der Waals surface area contributed by atoms with Crippen LogP contribution in [0.3, 0.4) is 0 Å². The van der Waals surface area contributed by atoms with Crippen molar-refractivity contribution in [1.82, 2.24) is 26.2 Å². The number of urea groups is 1. The molecule has 1 aliphatic carbocycles. The number of nitrogens with zero attached hydrogens (tertiary/aromatic N) is 1. The number of piperazine rings is 1. The van der Waals surface area contributed by atoms with E-state index in [1.165, 1.54) is 4.90 Å². The molecule has 0 aromatic carbocycles. The van der Waals surface area contributed by atoms with Gasteiger partial charge in [-0.15, -0.1) is 12.4 Å². The fourth-order valence-corrected chi connectivity index (χ4v) is 3.36. The topological polar surface area (TPSA) is 85.5 Å². The van der Waals surface area contributed by atoms with E-state index in [1.807, 2.05) is 0 Å². The molecule has 1 aliphatic heterocycles. The van der Waals surface area contributed by atoms with Crippen LogP contribution in [0.1, 0.15) is 32.1 Å². The zero-order valence-corrected chi connectivity index (χ0v) is 16.1. The molecule has 7 nitrogen and oxygen atoms in total. The van der Waals surface area contributed by atoms with Gasteiger partial charge in [0.25, 0.3) is 0 Å². The highest BCUT2D eigenvalue weighted by Crippen LogP contribution is 2.24. The summed E-state index contributed by atoms with van der Waals surface area (Å²) in [6.07, 6.45) is 0.702. The Bertz CT molecular complexity index is 469. The van der Waals surface area contributed by atoms with E-state index in [0.29, 0.717) is 13.1 Å². The highest BCUT2D eigenvalue weighted by molar-refractivity contribution is 5.85. The van der Waals surface area contributed by atoms with E-state index in [1.54, 1.807) is 0 Å². The maximum absolute atomic E-state index is 13.2. The molecule has 0 aromatic rings. The number of amides is 3. The number of nitrogens with one attached hydrogen (secondary N) is 4. The van der Waals surface area contributed by atoms with Crippen molar-refractivity contribution in [2.24, 2.45) is 0 Å². The maximum Gasteiger partial charge on any atom is 0.405 e. The average Bonchev–Trinajstić information content (AvgIpc) is 2.61. The highest BCUT2D eigenvalue weighted by atomic mass is 35.5. The molecule has 0 bridgehead atoms. The first-order chi connectivity index (χ1) is 12.4. The lowest BCUT2D eigenvalue weighted by molar-refractivity contribution is -0.184. The third-order valence-corrected chi connectivity index (χ3v) is 4.81. The second kappa shape index (κ2) is 11.6. The molecule has 2 aliphatic rings. The standard InChI is InChI=1S/C16H28F3N5O2.ClH/c17-16(18,19)13(24-8-6-20-7-9-24)10-21-14(25)11-22-15(26)23-12-4-2-1-3-5-12;/h12-13,20H,1-11H2,(H,21,25)(H2,22,23,26);1H. The Kier molecular flexibility index (Phi) is 10.2. The van der Waals surface area contributed by atoms with Crippen molar-refractivity contribution < 1.29 is 22.8 Å². The van der Waals surface area contributed by atoms with Gasteiger partial charge in [-0.2, -0.15) is 13.2 Å². The summed E-state index contributed by atoms with van der Waals surface area (Å²) in [5.41, 5.74) is 0. The summed E-state index contributed by atoms with van der Waals surface area (Å²) in [5, 5.41) is 10.5. The van der Waals surface area contributed by atoms with Crippen LogP contribution in [-0.2, 0) is 4.79 Å². The van der Waals surface area contributed by atoms with Gasteiger partial charge in [-0.25, -0.2) is 4.79 Å². The Morgan fingerprint density at radius 2 is 1.70 bits per heavy atom. The zero-order valence-electron chi connectivity index (χ0n) is 15.2. The predicted molar refractivity (Wildman–Crippen MR) is 98.0 cm³/mol. The molecule has 0 spiro atoms. The second-order valence-corrected chi connectivity index (χ2v) is 6.81. The summed E-state index contributed by atoms with van der Waals surface area (Å²) in [4.78, 5) is 24.9. The van der Waals surface area contributed by atoms with E-state index in [0.717, 1.165) is 32.1 Å². The van der Waals surface area contributed by atoms with Gasteiger partial charge in [0.05, 0.1) is 6.54 Å². The van der Waals surface area contributed by atoms with Crippen LogP contribution in [0.15, 0.2) is 0 Å². The van der Waals surface area contributed by atoms with Crippen LogP contribution in [0.25, 0.3) is 0 Å². The van der Waals surface area contributed by atoms with Gasteiger partial charge in [0, 0.05) is 38.8 Å². The smallest absolute Gasteiger partial charge is 0.353 e. The third-order valence-electron chi connectivity index (χ3n) is 4.81. The van der Waals surface area contributed by atoms with Gasteiger partial charge in [-0.3, -0.25) is 9.69 Å². The number of hydrogen-bond acceptors (Lipinski definition) is 4. The van der Waals surface area contributed by atoms with Gasteiger partial charge in [-0.05, 0) is 12.8 Å². The summed E-state index contributed by atoms with van der Waals surface area (Å²) >= 11 is 0. The van der Waals surface area contributed by atoms with Gasteiger partial charge in [0.2, 0.25) is 5.91 Å². The SMILES string of the molecule is Cl.O=C(CNC(=O)NC1CCCCC1)NCC(N1CCNCC1)C(F)(F)F. The molecule has 2 rings (SSSR count). The quantitative estimate of drug-likeness (QED) is 0.521. The monoisotopic (exact) mass is 415 g/mol. The lowest BCUT2D eigenvalue weighted by Gasteiger charge is -2.35. The normalized spacial score (nSPS) is 20.3. The van der Waals surface area contributed by atoms with E-state index in [4.69, 9.17) is 0 Å². The van der Waals surface area contributed by atoms with Gasteiger partial charge >= 0.3 is 12.2 Å². The third kappa shape index (κ3) is 8.52. The largest absolute Gasteiger partial charge is 0.405 e. The Labute approximate surface area is 163 Å². The van der Waals surface area contributed by atoms with Crippen LogP contribution in [0, 0.1) is 0 Å². The van der Waals surface area contributed by atoms with Gasteiger partial charge in [-0.1, -0.05) is 19.3 Å². The van der Waals surface area contributed by atoms with E-state index >= 15 is 0 Å². The number of halogens is 4. The lowest BCUT2D eigenvalue weighted by Crippen LogP contribution is -2.58. The molecule has 1 saturated carbocycles. The van der Waals surface area contributed by atoms with Crippen molar-refractivity contribution in [2.45, 2.75) is 50.4 Å². The summed E-state index contributed by atoms with van der Waals surface area (Å²) in [5.74, 6) is -0.631. The molecule has 0 radical (unpaired) electrons. The minimum absolute atomic E-state index is 0. The van der Waals surface area contributed by atoms with Crippen LogP contribution < -0.4 is 21.3 Å². The molecule has 1 atom stereocenters. The molecule has 0 aromatic heterocycles. The summed E-state index contributed by atoms with van der Waals surface area (Å²) in [7, 11) is 0. The number of carbonyl (C=O) groups excluding carboxylic acids is 2. The molecule has 1 saturated heterocycles. The number of rotatable bonds is 6. The van der Waals surface area contributed by atoms with E-state index in [9.17, 15) is 22.8 Å². The first-order valence-electron chi connectivity index (χ1n) is 9.19. The van der Waals surface area contributed by atoms with Crippen molar-refractivity contribution >= 4 is 24.3 Å². The minimum atomic E-state index is -4.42. The van der Waals surface area contributed by atoms with E-state index < -0.39 is 30.7 Å². The molecular formula is C16H29ClF3N5O2. The fraction of sp³-hybridized carbons (Fsp3) is 0.875. The Hall–Kier alpha value is -1.26. The molecule has 158 valence electrons. The number of alkyl halides is 3. The highest BCUT2D eigenvalue weighted by Gasteiger charge is 2.43. The zero-order chi connectivity index (χ0) is 19.0. The first kappa shape index (κ1) is 23.8. The Morgan fingerprint density at radius 3 is 2.30 bits per heavy atom. The van der Waals surface area contributed by atoms with Gasteiger partial charge < -0.3 is 21.3 Å². The van der Waals surface area contributed by atoms with Crippen LogP contribution >= 0.6 is 12.4 Å². The molecule has 2 fully saturated rings. The van der Waals surface area contributed by atoms with Crippen LogP contribution in [-0.4, -0.2) is 74.4 Å². The Balaban J connectivity index is 0.00000364. The van der Waals surface area contributed by atoms with Crippen molar-refractivity contribution in [3.63, 3.8) is 0 Å². The van der Waals surface area contributed by atoms with Crippen molar-refractivity contribution in [2.75, 3.05) is 39.3 Å². The number of carbonyl (C=O) groups is 2. The molecular weight excluding hydrogens is 387 g/mol. The molecule has 3 amide bonds. The van der Waals surface area contributed by atoms with E-state index in [-0.39, 0.29) is 38.1 Å². The number of hydrogen-bond donors (Lipinski definition) is 4. The van der Waals surface area contributed by atoms with Crippen LogP contribution in [0.2, 0.25) is 0 Å². The predicted octanol–water partition coefficient (Wildman–Crippen LogP) is 0.992. The van der Waals surface area contributed by atoms with Crippen molar-refractivity contribution in [3.8, 4) is 0 Å². The molecule has 27 heavy (non-hydrogen) atoms.